The van der Waals surface area contributed by atoms with E-state index in [9.17, 15) is 4.57 Å². The molecule has 0 spiro atoms. The highest BCUT2D eigenvalue weighted by molar-refractivity contribution is 7.54. The molecule has 0 saturated heterocycles. The minimum atomic E-state index is -3.48. The maximum atomic E-state index is 11.3. The van der Waals surface area contributed by atoms with Gasteiger partial charge in [0.25, 0.3) is 0 Å². The van der Waals surface area contributed by atoms with Crippen LogP contribution in [0.25, 0.3) is 5.76 Å². The topological polar surface area (TPSA) is 78.3 Å². The summed E-state index contributed by atoms with van der Waals surface area (Å²) in [4.78, 5) is 0. The zero-order valence-electron chi connectivity index (χ0n) is 9.09. The first-order valence-electron chi connectivity index (χ1n) is 5.13. The molecule has 1 aromatic carbocycles. The van der Waals surface area contributed by atoms with Crippen LogP contribution in [0, 0.1) is 0 Å². The van der Waals surface area contributed by atoms with Gasteiger partial charge >= 0.3 is 7.67 Å². The molecule has 0 saturated carbocycles. The van der Waals surface area contributed by atoms with Gasteiger partial charge in [0.1, 0.15) is 5.76 Å². The predicted octanol–water partition coefficient (Wildman–Crippen LogP) is 2.58. The number of fused-ring (bicyclic) bond motifs is 1. The van der Waals surface area contributed by atoms with Gasteiger partial charge in [0.2, 0.25) is 0 Å². The van der Waals surface area contributed by atoms with Crippen LogP contribution in [-0.4, -0.2) is 0 Å². The van der Waals surface area contributed by atoms with Crippen LogP contribution < -0.4 is 11.0 Å². The van der Waals surface area contributed by atoms with Gasteiger partial charge in [-0.15, -0.1) is 0 Å². The van der Waals surface area contributed by atoms with Crippen molar-refractivity contribution < 1.29 is 9.09 Å². The quantitative estimate of drug-likeness (QED) is 0.776. The summed E-state index contributed by atoms with van der Waals surface area (Å²) in [5.74, 6) is 0.959. The van der Waals surface area contributed by atoms with E-state index in [1.165, 1.54) is 5.56 Å². The molecule has 1 unspecified atom stereocenters. The number of rotatable bonds is 2. The molecule has 4 nitrogen and oxygen atoms in total. The van der Waals surface area contributed by atoms with E-state index in [0.29, 0.717) is 11.7 Å². The third-order valence-electron chi connectivity index (χ3n) is 2.65. The van der Waals surface area contributed by atoms with Crippen molar-refractivity contribution in [1.82, 2.24) is 0 Å². The van der Waals surface area contributed by atoms with Crippen molar-refractivity contribution in [1.29, 1.82) is 0 Å². The molecule has 0 heterocycles. The summed E-state index contributed by atoms with van der Waals surface area (Å²) in [6.07, 6.45) is 2.73. The Labute approximate surface area is 94.8 Å². The number of allylic oxidation sites excluding steroid dienone is 1. The summed E-state index contributed by atoms with van der Waals surface area (Å²) in [6.45, 7) is 2.14. The second-order valence-corrected chi connectivity index (χ2v) is 5.50. The fourth-order valence-corrected chi connectivity index (χ4v) is 2.39. The molecule has 86 valence electrons. The summed E-state index contributed by atoms with van der Waals surface area (Å²) in [7, 11) is -3.48. The van der Waals surface area contributed by atoms with Crippen molar-refractivity contribution in [3.8, 4) is 0 Å². The van der Waals surface area contributed by atoms with E-state index < -0.39 is 7.67 Å². The molecule has 0 amide bonds. The molecule has 0 aromatic heterocycles. The highest BCUT2D eigenvalue weighted by atomic mass is 31.2. The van der Waals surface area contributed by atoms with Crippen molar-refractivity contribution in [2.45, 2.75) is 19.3 Å². The Morgan fingerprint density at radius 3 is 2.75 bits per heavy atom. The Morgan fingerprint density at radius 1 is 1.38 bits per heavy atom. The lowest BCUT2D eigenvalue weighted by atomic mass is 9.88. The molecule has 5 heteroatoms. The smallest absolute Gasteiger partial charge is 0.385 e. The van der Waals surface area contributed by atoms with Crippen LogP contribution in [0.15, 0.2) is 30.3 Å². The molecule has 16 heavy (non-hydrogen) atoms. The van der Waals surface area contributed by atoms with Crippen LogP contribution in [0.4, 0.5) is 0 Å². The van der Waals surface area contributed by atoms with Gasteiger partial charge in [0.05, 0.1) is 0 Å². The average molecular weight is 238 g/mol. The van der Waals surface area contributed by atoms with Gasteiger partial charge in [-0.3, -0.25) is 0 Å². The molecule has 0 bridgehead atoms. The molecule has 1 aliphatic rings. The third-order valence-corrected chi connectivity index (χ3v) is 3.14. The summed E-state index contributed by atoms with van der Waals surface area (Å²) >= 11 is 0. The zero-order valence-corrected chi connectivity index (χ0v) is 9.98. The minimum Gasteiger partial charge on any atom is -0.422 e. The second kappa shape index (κ2) is 4.06. The Balaban J connectivity index is 2.40. The first-order valence-corrected chi connectivity index (χ1v) is 6.90. The van der Waals surface area contributed by atoms with E-state index >= 15 is 0 Å². The molecular weight excluding hydrogens is 223 g/mol. The lowest BCUT2D eigenvalue weighted by Crippen LogP contribution is -2.11. The van der Waals surface area contributed by atoms with Crippen LogP contribution in [-0.2, 0) is 9.09 Å². The zero-order chi connectivity index (χ0) is 11.8. The van der Waals surface area contributed by atoms with Gasteiger partial charge in [-0.05, 0) is 24.0 Å². The monoisotopic (exact) mass is 238 g/mol. The molecule has 0 aliphatic heterocycles. The Kier molecular flexibility index (Phi) is 2.89. The Bertz CT molecular complexity index is 479. The minimum absolute atomic E-state index is 0.429. The first-order chi connectivity index (χ1) is 7.47. The highest BCUT2D eigenvalue weighted by Gasteiger charge is 2.22. The van der Waals surface area contributed by atoms with E-state index in [2.05, 4.69) is 6.92 Å². The third kappa shape index (κ3) is 2.35. The van der Waals surface area contributed by atoms with Gasteiger partial charge in [0.15, 0.2) is 0 Å². The number of nitrogens with two attached hydrogens (primary N) is 2. The molecule has 1 aromatic rings. The molecule has 0 radical (unpaired) electrons. The van der Waals surface area contributed by atoms with Crippen LogP contribution in [0.5, 0.6) is 0 Å². The van der Waals surface area contributed by atoms with Gasteiger partial charge < -0.3 is 4.52 Å². The molecule has 1 atom stereocenters. The summed E-state index contributed by atoms with van der Waals surface area (Å²) in [5, 5.41) is 0. The van der Waals surface area contributed by atoms with Crippen molar-refractivity contribution in [2.24, 2.45) is 11.0 Å². The van der Waals surface area contributed by atoms with E-state index in [1.54, 1.807) is 0 Å². The van der Waals surface area contributed by atoms with E-state index in [-0.39, 0.29) is 0 Å². The summed E-state index contributed by atoms with van der Waals surface area (Å²) in [5.41, 5.74) is 12.6. The molecule has 2 rings (SSSR count). The predicted molar refractivity (Wildman–Crippen MR) is 64.5 cm³/mol. The largest absolute Gasteiger partial charge is 0.422 e. The highest BCUT2D eigenvalue weighted by Crippen LogP contribution is 2.41. The van der Waals surface area contributed by atoms with E-state index in [4.69, 9.17) is 15.5 Å². The van der Waals surface area contributed by atoms with Crippen molar-refractivity contribution in [3.63, 3.8) is 0 Å². The fraction of sp³-hybridized carbons (Fsp3) is 0.273. The SMILES string of the molecule is CC1CC=C(OP(N)(N)=O)c2ccccc21. The van der Waals surface area contributed by atoms with Gasteiger partial charge in [0, 0.05) is 5.56 Å². The van der Waals surface area contributed by atoms with Crippen LogP contribution in [0.2, 0.25) is 0 Å². The van der Waals surface area contributed by atoms with Crippen LogP contribution in [0.1, 0.15) is 30.4 Å². The Hall–Kier alpha value is -1.09. The first kappa shape index (κ1) is 11.4. The van der Waals surface area contributed by atoms with Crippen molar-refractivity contribution in [2.75, 3.05) is 0 Å². The molecule has 1 aliphatic carbocycles. The van der Waals surface area contributed by atoms with Crippen molar-refractivity contribution in [3.05, 3.63) is 41.5 Å². The number of hydrogen-bond acceptors (Lipinski definition) is 2. The van der Waals surface area contributed by atoms with E-state index in [0.717, 1.165) is 12.0 Å². The summed E-state index contributed by atoms with van der Waals surface area (Å²) < 4.78 is 16.4. The fourth-order valence-electron chi connectivity index (χ4n) is 1.91. The molecule has 0 fully saturated rings. The Morgan fingerprint density at radius 2 is 2.06 bits per heavy atom. The standard InChI is InChI=1S/C11H15N2O2P/c1-8-6-7-11(15-16(12,13)14)10-5-3-2-4-9(8)10/h2-5,7-8H,6H2,1H3,(H4,12,13,14). The lowest BCUT2D eigenvalue weighted by molar-refractivity contribution is 0.457. The molecule has 4 N–H and O–H groups in total. The lowest BCUT2D eigenvalue weighted by Gasteiger charge is -2.23. The van der Waals surface area contributed by atoms with Gasteiger partial charge in [-0.2, -0.15) is 0 Å². The van der Waals surface area contributed by atoms with Crippen LogP contribution in [0.3, 0.4) is 0 Å². The normalized spacial score (nSPS) is 19.9. The summed E-state index contributed by atoms with van der Waals surface area (Å²) in [6, 6.07) is 7.84. The molecular formula is C11H15N2O2P. The van der Waals surface area contributed by atoms with Crippen molar-refractivity contribution >= 4 is 13.4 Å². The second-order valence-electron chi connectivity index (χ2n) is 4.03. The van der Waals surface area contributed by atoms with Gasteiger partial charge in [-0.1, -0.05) is 31.2 Å². The average Bonchev–Trinajstić information content (AvgIpc) is 2.21. The number of benzene rings is 1. The maximum absolute atomic E-state index is 11.3. The van der Waals surface area contributed by atoms with E-state index in [1.807, 2.05) is 30.3 Å². The number of hydrogen-bond donors (Lipinski definition) is 2. The van der Waals surface area contributed by atoms with Crippen LogP contribution >= 0.6 is 7.67 Å². The van der Waals surface area contributed by atoms with Gasteiger partial charge in [-0.25, -0.2) is 15.6 Å². The maximum Gasteiger partial charge on any atom is 0.385 e.